The quantitative estimate of drug-likeness (QED) is 0.666. The van der Waals surface area contributed by atoms with Crippen LogP contribution in [-0.4, -0.2) is 63.6 Å². The maximum atomic E-state index is 11.9. The number of amides is 3. The molecule has 0 spiro atoms. The van der Waals surface area contributed by atoms with Crippen LogP contribution in [0.4, 0.5) is 4.79 Å². The SMILES string of the molecule is O=C1CCN(C(=O)NCCn2cnc(C(=O)O)c2)CCN1. The van der Waals surface area contributed by atoms with Gasteiger partial charge < -0.3 is 25.2 Å². The Balaban J connectivity index is 1.75. The van der Waals surface area contributed by atoms with Gasteiger partial charge in [-0.1, -0.05) is 0 Å². The second-order valence-corrected chi connectivity index (χ2v) is 4.62. The lowest BCUT2D eigenvalue weighted by atomic mass is 10.4. The molecule has 2 heterocycles. The lowest BCUT2D eigenvalue weighted by Gasteiger charge is -2.20. The largest absolute Gasteiger partial charge is 0.476 e. The van der Waals surface area contributed by atoms with Crippen molar-refractivity contribution in [1.29, 1.82) is 0 Å². The maximum absolute atomic E-state index is 11.9. The van der Waals surface area contributed by atoms with Crippen LogP contribution >= 0.6 is 0 Å². The fourth-order valence-corrected chi connectivity index (χ4v) is 1.97. The summed E-state index contributed by atoms with van der Waals surface area (Å²) in [7, 11) is 0. The summed E-state index contributed by atoms with van der Waals surface area (Å²) in [4.78, 5) is 39.1. The molecule has 1 saturated heterocycles. The third-order valence-corrected chi connectivity index (χ3v) is 3.10. The molecule has 0 aliphatic carbocycles. The Morgan fingerprint density at radius 2 is 2.24 bits per heavy atom. The van der Waals surface area contributed by atoms with Gasteiger partial charge in [0.2, 0.25) is 5.91 Å². The summed E-state index contributed by atoms with van der Waals surface area (Å²) < 4.78 is 1.59. The van der Waals surface area contributed by atoms with Crippen molar-refractivity contribution in [2.24, 2.45) is 0 Å². The zero-order chi connectivity index (χ0) is 15.2. The average molecular weight is 295 g/mol. The minimum absolute atomic E-state index is 0.0292. The number of carboxylic acid groups (broad SMARTS) is 1. The third-order valence-electron chi connectivity index (χ3n) is 3.10. The fraction of sp³-hybridized carbons (Fsp3) is 0.500. The number of rotatable bonds is 4. The van der Waals surface area contributed by atoms with Crippen LogP contribution in [0.1, 0.15) is 16.9 Å². The van der Waals surface area contributed by atoms with E-state index in [4.69, 9.17) is 5.11 Å². The van der Waals surface area contributed by atoms with Crippen molar-refractivity contribution in [1.82, 2.24) is 25.1 Å². The topological polar surface area (TPSA) is 117 Å². The smallest absolute Gasteiger partial charge is 0.356 e. The van der Waals surface area contributed by atoms with Crippen molar-refractivity contribution in [2.45, 2.75) is 13.0 Å². The van der Waals surface area contributed by atoms with Gasteiger partial charge in [-0.15, -0.1) is 0 Å². The summed E-state index contributed by atoms with van der Waals surface area (Å²) in [6.07, 6.45) is 3.12. The number of aromatic nitrogens is 2. The second kappa shape index (κ2) is 6.73. The van der Waals surface area contributed by atoms with Crippen LogP contribution in [0.3, 0.4) is 0 Å². The summed E-state index contributed by atoms with van der Waals surface area (Å²) >= 11 is 0. The van der Waals surface area contributed by atoms with Crippen LogP contribution in [0.2, 0.25) is 0 Å². The Labute approximate surface area is 120 Å². The molecule has 1 aliphatic rings. The van der Waals surface area contributed by atoms with Gasteiger partial charge in [0.05, 0.1) is 6.33 Å². The summed E-state index contributed by atoms with van der Waals surface area (Å²) in [5, 5.41) is 14.2. The molecule has 2 rings (SSSR count). The molecule has 1 aromatic heterocycles. The normalized spacial score (nSPS) is 15.2. The number of carboxylic acids is 1. The van der Waals surface area contributed by atoms with Crippen LogP contribution in [0.25, 0.3) is 0 Å². The van der Waals surface area contributed by atoms with E-state index in [0.717, 1.165) is 0 Å². The first kappa shape index (κ1) is 14.8. The van der Waals surface area contributed by atoms with Crippen molar-refractivity contribution < 1.29 is 19.5 Å². The molecule has 0 aromatic carbocycles. The number of nitrogens with one attached hydrogen (secondary N) is 2. The predicted octanol–water partition coefficient (Wildman–Crippen LogP) is -0.887. The maximum Gasteiger partial charge on any atom is 0.356 e. The van der Waals surface area contributed by atoms with Crippen LogP contribution in [0.5, 0.6) is 0 Å². The van der Waals surface area contributed by atoms with Gasteiger partial charge in [-0.2, -0.15) is 0 Å². The summed E-state index contributed by atoms with van der Waals surface area (Å²) in [6, 6.07) is -0.231. The highest BCUT2D eigenvalue weighted by Crippen LogP contribution is 1.98. The second-order valence-electron chi connectivity index (χ2n) is 4.62. The van der Waals surface area contributed by atoms with E-state index in [9.17, 15) is 14.4 Å². The highest BCUT2D eigenvalue weighted by Gasteiger charge is 2.17. The van der Waals surface area contributed by atoms with Gasteiger partial charge in [-0.3, -0.25) is 4.79 Å². The minimum atomic E-state index is -1.08. The highest BCUT2D eigenvalue weighted by molar-refractivity contribution is 5.84. The van der Waals surface area contributed by atoms with E-state index in [2.05, 4.69) is 15.6 Å². The van der Waals surface area contributed by atoms with Gasteiger partial charge in [-0.05, 0) is 0 Å². The van der Waals surface area contributed by atoms with Crippen LogP contribution in [-0.2, 0) is 11.3 Å². The molecule has 3 N–H and O–H groups in total. The first-order chi connectivity index (χ1) is 10.1. The van der Waals surface area contributed by atoms with Gasteiger partial charge in [0, 0.05) is 45.3 Å². The third kappa shape index (κ3) is 4.20. The van der Waals surface area contributed by atoms with Crippen LogP contribution in [0.15, 0.2) is 12.5 Å². The molecule has 0 atom stereocenters. The molecule has 9 heteroatoms. The van der Waals surface area contributed by atoms with Crippen LogP contribution in [0, 0.1) is 0 Å². The predicted molar refractivity (Wildman–Crippen MR) is 71.8 cm³/mol. The van der Waals surface area contributed by atoms with Crippen molar-refractivity contribution in [3.63, 3.8) is 0 Å². The Kier molecular flexibility index (Phi) is 4.75. The van der Waals surface area contributed by atoms with Crippen molar-refractivity contribution in [3.05, 3.63) is 18.2 Å². The molecule has 21 heavy (non-hydrogen) atoms. The minimum Gasteiger partial charge on any atom is -0.476 e. The van der Waals surface area contributed by atoms with Gasteiger partial charge in [0.15, 0.2) is 5.69 Å². The molecule has 1 fully saturated rings. The number of carbonyl (C=O) groups excluding carboxylic acids is 2. The number of hydrogen-bond donors (Lipinski definition) is 3. The number of urea groups is 1. The number of nitrogens with zero attached hydrogens (tertiary/aromatic N) is 3. The Morgan fingerprint density at radius 1 is 1.43 bits per heavy atom. The van der Waals surface area contributed by atoms with Gasteiger partial charge in [0.25, 0.3) is 0 Å². The lowest BCUT2D eigenvalue weighted by Crippen LogP contribution is -2.42. The van der Waals surface area contributed by atoms with Crippen molar-refractivity contribution in [3.8, 4) is 0 Å². The molecule has 9 nitrogen and oxygen atoms in total. The number of carbonyl (C=O) groups is 3. The molecule has 3 amide bonds. The number of hydrogen-bond acceptors (Lipinski definition) is 4. The molecule has 114 valence electrons. The summed E-state index contributed by atoms with van der Waals surface area (Å²) in [5.74, 6) is -1.13. The van der Waals surface area contributed by atoms with E-state index in [-0.39, 0.29) is 17.6 Å². The standard InChI is InChI=1S/C12H17N5O4/c18-10-1-4-17(6-3-13-10)12(21)14-2-5-16-7-9(11(19)20)15-8-16/h7-8H,1-6H2,(H,13,18)(H,14,21)(H,19,20). The monoisotopic (exact) mass is 295 g/mol. The van der Waals surface area contributed by atoms with E-state index in [0.29, 0.717) is 39.1 Å². The van der Waals surface area contributed by atoms with Crippen molar-refractivity contribution in [2.75, 3.05) is 26.2 Å². The number of aromatic carboxylic acids is 1. The van der Waals surface area contributed by atoms with E-state index in [1.54, 1.807) is 9.47 Å². The molecule has 0 radical (unpaired) electrons. The molecular weight excluding hydrogens is 278 g/mol. The van der Waals surface area contributed by atoms with E-state index in [1.807, 2.05) is 0 Å². The van der Waals surface area contributed by atoms with Gasteiger partial charge >= 0.3 is 12.0 Å². The Morgan fingerprint density at radius 3 is 2.95 bits per heavy atom. The Hall–Kier alpha value is -2.58. The molecule has 0 saturated carbocycles. The molecule has 0 bridgehead atoms. The van der Waals surface area contributed by atoms with E-state index < -0.39 is 5.97 Å². The number of imidazole rings is 1. The van der Waals surface area contributed by atoms with E-state index >= 15 is 0 Å². The van der Waals surface area contributed by atoms with Crippen LogP contribution < -0.4 is 10.6 Å². The zero-order valence-electron chi connectivity index (χ0n) is 11.4. The molecular formula is C12H17N5O4. The van der Waals surface area contributed by atoms with Gasteiger partial charge in [0.1, 0.15) is 0 Å². The first-order valence-corrected chi connectivity index (χ1v) is 6.61. The lowest BCUT2D eigenvalue weighted by molar-refractivity contribution is -0.120. The summed E-state index contributed by atoms with van der Waals surface area (Å²) in [6.45, 7) is 2.11. The summed E-state index contributed by atoms with van der Waals surface area (Å²) in [5.41, 5.74) is -0.0292. The first-order valence-electron chi connectivity index (χ1n) is 6.61. The fourth-order valence-electron chi connectivity index (χ4n) is 1.97. The van der Waals surface area contributed by atoms with Gasteiger partial charge in [-0.25, -0.2) is 14.6 Å². The highest BCUT2D eigenvalue weighted by atomic mass is 16.4. The Bertz CT molecular complexity index is 542. The molecule has 0 unspecified atom stereocenters. The molecule has 1 aromatic rings. The average Bonchev–Trinajstić information content (AvgIpc) is 2.81. The molecule has 1 aliphatic heterocycles. The zero-order valence-corrected chi connectivity index (χ0v) is 11.4. The van der Waals surface area contributed by atoms with E-state index in [1.165, 1.54) is 12.5 Å². The van der Waals surface area contributed by atoms with Crippen molar-refractivity contribution >= 4 is 17.9 Å².